The van der Waals surface area contributed by atoms with Gasteiger partial charge >= 0.3 is 17.9 Å². The lowest BCUT2D eigenvalue weighted by atomic mass is 10.2. The van der Waals surface area contributed by atoms with Crippen LogP contribution in [0, 0.1) is 0 Å². The zero-order valence-corrected chi connectivity index (χ0v) is 12.1. The smallest absolute Gasteiger partial charge is 0.322 e. The van der Waals surface area contributed by atoms with Gasteiger partial charge in [-0.15, -0.1) is 0 Å². The van der Waals surface area contributed by atoms with Gasteiger partial charge in [0, 0.05) is 12.6 Å². The minimum absolute atomic E-state index is 0.263. The van der Waals surface area contributed by atoms with Crippen molar-refractivity contribution in [3.05, 3.63) is 18.2 Å². The van der Waals surface area contributed by atoms with Crippen LogP contribution in [0.5, 0.6) is 0 Å². The number of carboxylic acid groups (broad SMARTS) is 3. The van der Waals surface area contributed by atoms with E-state index in [4.69, 9.17) is 31.9 Å². The molecule has 11 N–H and O–H groups in total. The molecule has 0 saturated heterocycles. The van der Waals surface area contributed by atoms with Gasteiger partial charge in [0.2, 0.25) is 0 Å². The van der Waals surface area contributed by atoms with E-state index in [1.54, 1.807) is 6.20 Å². The molecule has 0 aliphatic heterocycles. The second-order valence-electron chi connectivity index (χ2n) is 3.93. The number of aliphatic carboxylic acids is 3. The molecule has 2 unspecified atom stereocenters. The number of nitrogens with two attached hydrogens (primary N) is 3. The Morgan fingerprint density at radius 3 is 1.83 bits per heavy atom. The van der Waals surface area contributed by atoms with Gasteiger partial charge in [-0.3, -0.25) is 14.4 Å². The molecular formula is C11H21N5O7. The van der Waals surface area contributed by atoms with E-state index in [2.05, 4.69) is 15.7 Å². The van der Waals surface area contributed by atoms with Crippen LogP contribution in [0.25, 0.3) is 0 Å². The van der Waals surface area contributed by atoms with Crippen molar-refractivity contribution in [2.45, 2.75) is 18.5 Å². The summed E-state index contributed by atoms with van der Waals surface area (Å²) in [4.78, 5) is 35.7. The third-order valence-electron chi connectivity index (χ3n) is 1.99. The van der Waals surface area contributed by atoms with E-state index in [-0.39, 0.29) is 13.0 Å². The van der Waals surface area contributed by atoms with Crippen LogP contribution in [0.2, 0.25) is 0 Å². The number of carbonyl (C=O) groups is 3. The third kappa shape index (κ3) is 14.2. The van der Waals surface area contributed by atoms with Gasteiger partial charge in [-0.05, 0) is 0 Å². The first-order valence-corrected chi connectivity index (χ1v) is 6.12. The molecule has 0 aliphatic rings. The number of nitrogens with one attached hydrogen (secondary N) is 1. The number of hydrogen-bond donors (Lipinski definition) is 8. The summed E-state index contributed by atoms with van der Waals surface area (Å²) in [6.45, 7) is -0.782. The predicted octanol–water partition coefficient (Wildman–Crippen LogP) is -3.22. The Bertz CT molecular complexity index is 465. The lowest BCUT2D eigenvalue weighted by molar-refractivity contribution is -0.140. The van der Waals surface area contributed by atoms with Crippen molar-refractivity contribution in [2.24, 2.45) is 17.2 Å². The van der Waals surface area contributed by atoms with Gasteiger partial charge in [-0.1, -0.05) is 0 Å². The summed E-state index contributed by atoms with van der Waals surface area (Å²) in [5.41, 5.74) is 15.3. The van der Waals surface area contributed by atoms with Crippen LogP contribution >= 0.6 is 0 Å². The number of aromatic nitrogens is 2. The van der Waals surface area contributed by atoms with Crippen LogP contribution in [0.3, 0.4) is 0 Å². The first kappa shape index (κ1) is 22.7. The van der Waals surface area contributed by atoms with Gasteiger partial charge in [-0.25, -0.2) is 4.98 Å². The summed E-state index contributed by atoms with van der Waals surface area (Å²) < 4.78 is 0. The molecule has 0 aliphatic carbocycles. The number of H-pyrrole nitrogens is 1. The summed E-state index contributed by atoms with van der Waals surface area (Å²) in [7, 11) is 0. The Balaban J connectivity index is 0. The number of hydrogen-bond acceptors (Lipinski definition) is 8. The van der Waals surface area contributed by atoms with E-state index in [0.29, 0.717) is 5.69 Å². The molecule has 0 aromatic carbocycles. The summed E-state index contributed by atoms with van der Waals surface area (Å²) in [5, 5.41) is 31.9. The summed E-state index contributed by atoms with van der Waals surface area (Å²) >= 11 is 0. The second-order valence-corrected chi connectivity index (χ2v) is 3.93. The predicted molar refractivity (Wildman–Crippen MR) is 77.3 cm³/mol. The van der Waals surface area contributed by atoms with Crippen molar-refractivity contribution in [2.75, 3.05) is 13.2 Å². The molecule has 0 radical (unpaired) electrons. The van der Waals surface area contributed by atoms with Crippen LogP contribution in [0.1, 0.15) is 5.69 Å². The fourth-order valence-electron chi connectivity index (χ4n) is 0.793. The van der Waals surface area contributed by atoms with Gasteiger partial charge in [0.15, 0.2) is 0 Å². The molecule has 12 heteroatoms. The van der Waals surface area contributed by atoms with E-state index in [1.807, 2.05) is 0 Å². The van der Waals surface area contributed by atoms with Gasteiger partial charge in [-0.2, -0.15) is 0 Å². The molecule has 132 valence electrons. The first-order chi connectivity index (χ1) is 10.6. The SMILES string of the molecule is NC(CO)C(=O)O.NC(Cc1c[nH]cn1)C(=O)O.NCC(=O)O. The van der Waals surface area contributed by atoms with Crippen LogP contribution in [0.4, 0.5) is 0 Å². The second kappa shape index (κ2) is 13.1. The molecule has 0 amide bonds. The third-order valence-corrected chi connectivity index (χ3v) is 1.99. The molecule has 1 heterocycles. The highest BCUT2D eigenvalue weighted by Crippen LogP contribution is 1.95. The highest BCUT2D eigenvalue weighted by molar-refractivity contribution is 5.73. The first-order valence-electron chi connectivity index (χ1n) is 6.12. The van der Waals surface area contributed by atoms with E-state index in [9.17, 15) is 14.4 Å². The van der Waals surface area contributed by atoms with E-state index in [1.165, 1.54) is 6.33 Å². The zero-order valence-electron chi connectivity index (χ0n) is 12.1. The number of aliphatic hydroxyl groups is 1. The van der Waals surface area contributed by atoms with Gasteiger partial charge < -0.3 is 42.6 Å². The maximum absolute atomic E-state index is 10.3. The van der Waals surface area contributed by atoms with Crippen molar-refractivity contribution in [1.29, 1.82) is 0 Å². The molecule has 0 saturated carbocycles. The summed E-state index contributed by atoms with van der Waals surface area (Å²) in [6, 6.07) is -1.99. The monoisotopic (exact) mass is 335 g/mol. The molecule has 1 aromatic heterocycles. The molecule has 23 heavy (non-hydrogen) atoms. The lowest BCUT2D eigenvalue weighted by Crippen LogP contribution is -2.33. The minimum Gasteiger partial charge on any atom is -0.480 e. The molecule has 1 aromatic rings. The van der Waals surface area contributed by atoms with Crippen LogP contribution < -0.4 is 17.2 Å². The molecular weight excluding hydrogens is 314 g/mol. The average molecular weight is 335 g/mol. The van der Waals surface area contributed by atoms with Crippen LogP contribution in [-0.2, 0) is 20.8 Å². The largest absolute Gasteiger partial charge is 0.480 e. The standard InChI is InChI=1S/C6H9N3O2.C3H7NO3.C2H5NO2/c7-5(6(10)11)1-4-2-8-3-9-4;4-2(1-5)3(6)7;3-1-2(4)5/h2-3,5H,1,7H2,(H,8,9)(H,10,11);2,5H,1,4H2,(H,6,7);1,3H2,(H,4,5). The number of aliphatic hydroxyl groups excluding tert-OH is 1. The van der Waals surface area contributed by atoms with Crippen molar-refractivity contribution < 1.29 is 34.8 Å². The Morgan fingerprint density at radius 1 is 1.13 bits per heavy atom. The number of rotatable bonds is 6. The van der Waals surface area contributed by atoms with E-state index < -0.39 is 36.6 Å². The summed E-state index contributed by atoms with van der Waals surface area (Å²) in [5.74, 6) is -3.15. The minimum atomic E-state index is -1.18. The summed E-state index contributed by atoms with van der Waals surface area (Å²) in [6.07, 6.45) is 3.38. The number of nitrogens with zero attached hydrogens (tertiary/aromatic N) is 1. The van der Waals surface area contributed by atoms with E-state index in [0.717, 1.165) is 0 Å². The number of carboxylic acids is 3. The maximum atomic E-state index is 10.3. The fourth-order valence-corrected chi connectivity index (χ4v) is 0.793. The Kier molecular flexibility index (Phi) is 13.0. The quantitative estimate of drug-likeness (QED) is 0.257. The molecule has 0 fully saturated rings. The van der Waals surface area contributed by atoms with Crippen molar-refractivity contribution in [1.82, 2.24) is 9.97 Å². The van der Waals surface area contributed by atoms with Gasteiger partial charge in [0.25, 0.3) is 0 Å². The highest BCUT2D eigenvalue weighted by Gasteiger charge is 2.12. The zero-order chi connectivity index (χ0) is 18.4. The van der Waals surface area contributed by atoms with E-state index >= 15 is 0 Å². The van der Waals surface area contributed by atoms with Crippen LogP contribution in [0.15, 0.2) is 12.5 Å². The maximum Gasteiger partial charge on any atom is 0.322 e. The van der Waals surface area contributed by atoms with Crippen molar-refractivity contribution in [3.8, 4) is 0 Å². The highest BCUT2D eigenvalue weighted by atomic mass is 16.4. The fraction of sp³-hybridized carbons (Fsp3) is 0.455. The Hall–Kier alpha value is -2.54. The molecule has 1 rings (SSSR count). The Labute approximate surface area is 130 Å². The van der Waals surface area contributed by atoms with Crippen molar-refractivity contribution >= 4 is 17.9 Å². The van der Waals surface area contributed by atoms with Crippen LogP contribution in [-0.4, -0.2) is 73.5 Å². The lowest BCUT2D eigenvalue weighted by Gasteiger charge is -2.01. The Morgan fingerprint density at radius 2 is 1.61 bits per heavy atom. The topological polar surface area (TPSA) is 239 Å². The average Bonchev–Trinajstić information content (AvgIpc) is 3.00. The molecule has 12 nitrogen and oxygen atoms in total. The normalized spacial score (nSPS) is 11.8. The molecule has 0 spiro atoms. The number of aromatic amines is 1. The van der Waals surface area contributed by atoms with Gasteiger partial charge in [0.05, 0.1) is 25.2 Å². The molecule has 0 bridgehead atoms. The van der Waals surface area contributed by atoms with Gasteiger partial charge in [0.1, 0.15) is 12.1 Å². The molecule has 2 atom stereocenters. The number of imidazole rings is 1. The van der Waals surface area contributed by atoms with Crippen molar-refractivity contribution in [3.63, 3.8) is 0 Å².